The Kier molecular flexibility index (Phi) is 2.88. The van der Waals surface area contributed by atoms with E-state index in [1.165, 1.54) is 16.7 Å². The van der Waals surface area contributed by atoms with Crippen LogP contribution in [0.1, 0.15) is 22.7 Å². The summed E-state index contributed by atoms with van der Waals surface area (Å²) in [5.74, 6) is 0. The second-order valence-electron chi connectivity index (χ2n) is 3.68. The average Bonchev–Trinajstić information content (AvgIpc) is 2.79. The van der Waals surface area contributed by atoms with E-state index < -0.39 is 0 Å². The van der Waals surface area contributed by atoms with Crippen LogP contribution in [0.5, 0.6) is 0 Å². The fourth-order valence-corrected chi connectivity index (χ4v) is 2.63. The molecule has 0 saturated carbocycles. The number of rotatable bonds is 3. The summed E-state index contributed by atoms with van der Waals surface area (Å²) in [6.45, 7) is 2.15. The van der Waals surface area contributed by atoms with E-state index in [9.17, 15) is 0 Å². The number of nitrogens with one attached hydrogen (secondary N) is 1. The molecule has 0 aliphatic heterocycles. The van der Waals surface area contributed by atoms with E-state index in [1.54, 1.807) is 11.3 Å². The SMILES string of the molecule is CNC(c1cnn(C)c1)c1cscc1C. The highest BCUT2D eigenvalue weighted by Crippen LogP contribution is 2.26. The van der Waals surface area contributed by atoms with Crippen LogP contribution in [-0.4, -0.2) is 16.8 Å². The first-order valence-electron chi connectivity index (χ1n) is 4.91. The topological polar surface area (TPSA) is 29.9 Å². The van der Waals surface area contributed by atoms with Crippen LogP contribution < -0.4 is 5.32 Å². The van der Waals surface area contributed by atoms with Gasteiger partial charge in [0.2, 0.25) is 0 Å². The molecule has 15 heavy (non-hydrogen) atoms. The maximum atomic E-state index is 4.21. The van der Waals surface area contributed by atoms with Gasteiger partial charge in [-0.1, -0.05) is 0 Å². The molecule has 0 aliphatic rings. The lowest BCUT2D eigenvalue weighted by molar-refractivity contribution is 0.688. The van der Waals surface area contributed by atoms with Crippen molar-refractivity contribution in [2.75, 3.05) is 7.05 Å². The minimum atomic E-state index is 0.255. The Morgan fingerprint density at radius 3 is 2.73 bits per heavy atom. The molecule has 4 heteroatoms. The average molecular weight is 221 g/mol. The second kappa shape index (κ2) is 4.16. The molecule has 0 saturated heterocycles. The van der Waals surface area contributed by atoms with Crippen molar-refractivity contribution in [3.8, 4) is 0 Å². The summed E-state index contributed by atoms with van der Waals surface area (Å²) in [5.41, 5.74) is 3.89. The highest BCUT2D eigenvalue weighted by molar-refractivity contribution is 7.08. The zero-order valence-corrected chi connectivity index (χ0v) is 10.0. The van der Waals surface area contributed by atoms with E-state index in [4.69, 9.17) is 0 Å². The quantitative estimate of drug-likeness (QED) is 0.860. The summed E-state index contributed by atoms with van der Waals surface area (Å²) < 4.78 is 1.83. The van der Waals surface area contributed by atoms with Gasteiger partial charge in [-0.05, 0) is 35.9 Å². The van der Waals surface area contributed by atoms with Gasteiger partial charge in [0, 0.05) is 18.8 Å². The van der Waals surface area contributed by atoms with Gasteiger partial charge in [0.05, 0.1) is 12.2 Å². The molecule has 0 fully saturated rings. The van der Waals surface area contributed by atoms with Crippen molar-refractivity contribution in [3.63, 3.8) is 0 Å². The Morgan fingerprint density at radius 2 is 2.27 bits per heavy atom. The Balaban J connectivity index is 2.36. The smallest absolute Gasteiger partial charge is 0.0616 e. The monoisotopic (exact) mass is 221 g/mol. The largest absolute Gasteiger partial charge is 0.309 e. The van der Waals surface area contributed by atoms with Crippen molar-refractivity contribution in [1.82, 2.24) is 15.1 Å². The zero-order chi connectivity index (χ0) is 10.8. The molecule has 0 amide bonds. The molecule has 1 N–H and O–H groups in total. The van der Waals surface area contributed by atoms with Crippen molar-refractivity contribution in [3.05, 3.63) is 39.8 Å². The summed E-state index contributed by atoms with van der Waals surface area (Å²) in [6.07, 6.45) is 3.97. The zero-order valence-electron chi connectivity index (χ0n) is 9.19. The molecule has 0 spiro atoms. The highest BCUT2D eigenvalue weighted by Gasteiger charge is 2.15. The first-order chi connectivity index (χ1) is 7.22. The Hall–Kier alpha value is -1.13. The molecule has 0 aliphatic carbocycles. The number of hydrogen-bond donors (Lipinski definition) is 1. The third-order valence-electron chi connectivity index (χ3n) is 2.55. The molecule has 2 aromatic rings. The van der Waals surface area contributed by atoms with Gasteiger partial charge in [-0.3, -0.25) is 4.68 Å². The molecule has 2 rings (SSSR count). The van der Waals surface area contributed by atoms with Crippen LogP contribution in [0.15, 0.2) is 23.2 Å². The lowest BCUT2D eigenvalue weighted by Gasteiger charge is -2.14. The van der Waals surface area contributed by atoms with Crippen LogP contribution in [-0.2, 0) is 7.05 Å². The Labute approximate surface area is 93.7 Å². The Morgan fingerprint density at radius 1 is 1.47 bits per heavy atom. The van der Waals surface area contributed by atoms with Crippen molar-refractivity contribution < 1.29 is 0 Å². The molecule has 2 heterocycles. The Bertz CT molecular complexity index is 444. The van der Waals surface area contributed by atoms with Gasteiger partial charge >= 0.3 is 0 Å². The molecule has 0 aromatic carbocycles. The normalized spacial score (nSPS) is 13.0. The summed E-state index contributed by atoms with van der Waals surface area (Å²) in [6, 6.07) is 0.255. The first kappa shape index (κ1) is 10.4. The summed E-state index contributed by atoms with van der Waals surface area (Å²) in [7, 11) is 3.92. The van der Waals surface area contributed by atoms with E-state index >= 15 is 0 Å². The molecule has 0 radical (unpaired) electrons. The van der Waals surface area contributed by atoms with Gasteiger partial charge in [0.1, 0.15) is 0 Å². The first-order valence-corrected chi connectivity index (χ1v) is 5.85. The maximum absolute atomic E-state index is 4.21. The predicted molar refractivity (Wildman–Crippen MR) is 63.2 cm³/mol. The van der Waals surface area contributed by atoms with Crippen LogP contribution in [0.3, 0.4) is 0 Å². The number of hydrogen-bond acceptors (Lipinski definition) is 3. The van der Waals surface area contributed by atoms with Gasteiger partial charge < -0.3 is 5.32 Å². The number of aryl methyl sites for hydroxylation is 2. The van der Waals surface area contributed by atoms with Gasteiger partial charge in [0.25, 0.3) is 0 Å². The standard InChI is InChI=1S/C11H15N3S/c1-8-6-15-7-10(8)11(12-2)9-4-13-14(3)5-9/h4-7,11-12H,1-3H3. The van der Waals surface area contributed by atoms with Crippen LogP contribution in [0.4, 0.5) is 0 Å². The summed E-state index contributed by atoms with van der Waals surface area (Å²) in [4.78, 5) is 0. The molecule has 1 unspecified atom stereocenters. The molecule has 3 nitrogen and oxygen atoms in total. The van der Waals surface area contributed by atoms with E-state index in [0.29, 0.717) is 0 Å². The molecule has 0 bridgehead atoms. The van der Waals surface area contributed by atoms with Gasteiger partial charge in [-0.2, -0.15) is 16.4 Å². The third kappa shape index (κ3) is 1.96. The lowest BCUT2D eigenvalue weighted by atomic mass is 10.0. The van der Waals surface area contributed by atoms with Crippen LogP contribution in [0, 0.1) is 6.92 Å². The number of aromatic nitrogens is 2. The molecular weight excluding hydrogens is 206 g/mol. The second-order valence-corrected chi connectivity index (χ2v) is 4.42. The van der Waals surface area contributed by atoms with Crippen molar-refractivity contribution in [1.29, 1.82) is 0 Å². The van der Waals surface area contributed by atoms with Crippen LogP contribution in [0.2, 0.25) is 0 Å². The minimum absolute atomic E-state index is 0.255. The maximum Gasteiger partial charge on any atom is 0.0616 e. The summed E-state index contributed by atoms with van der Waals surface area (Å²) in [5, 5.41) is 11.9. The van der Waals surface area contributed by atoms with Gasteiger partial charge in [-0.15, -0.1) is 0 Å². The third-order valence-corrected chi connectivity index (χ3v) is 3.43. The van der Waals surface area contributed by atoms with E-state index in [1.807, 2.05) is 25.0 Å². The van der Waals surface area contributed by atoms with Crippen molar-refractivity contribution in [2.24, 2.45) is 7.05 Å². The van der Waals surface area contributed by atoms with Gasteiger partial charge in [0.15, 0.2) is 0 Å². The lowest BCUT2D eigenvalue weighted by Crippen LogP contribution is -2.17. The minimum Gasteiger partial charge on any atom is -0.309 e. The number of nitrogens with zero attached hydrogens (tertiary/aromatic N) is 2. The fourth-order valence-electron chi connectivity index (χ4n) is 1.76. The summed E-state index contributed by atoms with van der Waals surface area (Å²) >= 11 is 1.74. The molecule has 1 atom stereocenters. The van der Waals surface area contributed by atoms with E-state index in [2.05, 4.69) is 34.3 Å². The fraction of sp³-hybridized carbons (Fsp3) is 0.364. The highest BCUT2D eigenvalue weighted by atomic mass is 32.1. The number of thiophene rings is 1. The van der Waals surface area contributed by atoms with Crippen molar-refractivity contribution in [2.45, 2.75) is 13.0 Å². The molecule has 2 aromatic heterocycles. The van der Waals surface area contributed by atoms with E-state index in [0.717, 1.165) is 0 Å². The molecular formula is C11H15N3S. The van der Waals surface area contributed by atoms with Crippen LogP contribution >= 0.6 is 11.3 Å². The molecule has 80 valence electrons. The van der Waals surface area contributed by atoms with Crippen LogP contribution in [0.25, 0.3) is 0 Å². The van der Waals surface area contributed by atoms with Crippen molar-refractivity contribution >= 4 is 11.3 Å². The van der Waals surface area contributed by atoms with E-state index in [-0.39, 0.29) is 6.04 Å². The van der Waals surface area contributed by atoms with Gasteiger partial charge in [-0.25, -0.2) is 0 Å². The predicted octanol–water partition coefficient (Wildman–Crippen LogP) is 2.10.